The van der Waals surface area contributed by atoms with E-state index in [1.54, 1.807) is 32.1 Å². The molecule has 0 fully saturated rings. The molecule has 0 N–H and O–H groups in total. The first kappa shape index (κ1) is 17.4. The van der Waals surface area contributed by atoms with Crippen LogP contribution in [0.25, 0.3) is 11.0 Å². The van der Waals surface area contributed by atoms with Gasteiger partial charge in [0.1, 0.15) is 11.4 Å². The highest BCUT2D eigenvalue weighted by molar-refractivity contribution is 5.99. The van der Waals surface area contributed by atoms with Gasteiger partial charge in [-0.2, -0.15) is 0 Å². The summed E-state index contributed by atoms with van der Waals surface area (Å²) in [4.78, 5) is 14.8. The van der Waals surface area contributed by atoms with Gasteiger partial charge < -0.3 is 18.8 Å². The molecule has 1 aromatic heterocycles. The Morgan fingerprint density at radius 1 is 1.11 bits per heavy atom. The van der Waals surface area contributed by atoms with Gasteiger partial charge in [-0.15, -0.1) is 0 Å². The van der Waals surface area contributed by atoms with Gasteiger partial charge in [-0.05, 0) is 54.8 Å². The van der Waals surface area contributed by atoms with E-state index in [9.17, 15) is 9.18 Å². The number of hydrogen-bond acceptors (Lipinski definition) is 4. The zero-order valence-electron chi connectivity index (χ0n) is 15.5. The molecular weight excluding hydrogens is 349 g/mol. The number of carbonyl (C=O) groups is 1. The molecule has 1 amide bonds. The van der Waals surface area contributed by atoms with Crippen LogP contribution in [-0.4, -0.2) is 31.6 Å². The number of aryl methyl sites for hydroxylation is 1. The van der Waals surface area contributed by atoms with Crippen molar-refractivity contribution in [2.75, 3.05) is 20.8 Å². The molecule has 3 aromatic rings. The minimum Gasteiger partial charge on any atom is -0.493 e. The van der Waals surface area contributed by atoms with Crippen LogP contribution in [0.1, 0.15) is 27.2 Å². The Balaban J connectivity index is 1.66. The Kier molecular flexibility index (Phi) is 4.26. The van der Waals surface area contributed by atoms with Crippen LogP contribution in [0.3, 0.4) is 0 Å². The van der Waals surface area contributed by atoms with E-state index in [0.29, 0.717) is 41.1 Å². The van der Waals surface area contributed by atoms with Crippen molar-refractivity contribution in [3.8, 4) is 11.5 Å². The third kappa shape index (κ3) is 2.91. The van der Waals surface area contributed by atoms with E-state index in [1.165, 1.54) is 12.1 Å². The Labute approximate surface area is 156 Å². The number of furan rings is 1. The maximum atomic E-state index is 13.5. The Morgan fingerprint density at radius 3 is 2.52 bits per heavy atom. The van der Waals surface area contributed by atoms with E-state index < -0.39 is 0 Å². The van der Waals surface area contributed by atoms with Crippen molar-refractivity contribution in [1.29, 1.82) is 0 Å². The SMILES string of the molecule is COc1cc2c(cc1OC)CN(C(=O)c1oc3ccc(F)cc3c1C)CC2. The summed E-state index contributed by atoms with van der Waals surface area (Å²) >= 11 is 0. The number of carbonyl (C=O) groups excluding carboxylic acids is 1. The van der Waals surface area contributed by atoms with Gasteiger partial charge in [0.25, 0.3) is 5.91 Å². The van der Waals surface area contributed by atoms with Crippen LogP contribution in [0, 0.1) is 12.7 Å². The first-order chi connectivity index (χ1) is 13.0. The van der Waals surface area contributed by atoms with Crippen LogP contribution >= 0.6 is 0 Å². The van der Waals surface area contributed by atoms with Crippen LogP contribution in [-0.2, 0) is 13.0 Å². The van der Waals surface area contributed by atoms with E-state index in [4.69, 9.17) is 13.9 Å². The molecule has 27 heavy (non-hydrogen) atoms. The van der Waals surface area contributed by atoms with Crippen molar-refractivity contribution in [3.63, 3.8) is 0 Å². The van der Waals surface area contributed by atoms with Gasteiger partial charge in [0.05, 0.1) is 14.2 Å². The van der Waals surface area contributed by atoms with E-state index in [2.05, 4.69) is 0 Å². The molecule has 0 bridgehead atoms. The fourth-order valence-electron chi connectivity index (χ4n) is 3.60. The minimum atomic E-state index is -0.349. The minimum absolute atomic E-state index is 0.190. The number of benzene rings is 2. The van der Waals surface area contributed by atoms with Crippen molar-refractivity contribution in [2.45, 2.75) is 19.9 Å². The Bertz CT molecular complexity index is 1040. The molecule has 6 heteroatoms. The maximum absolute atomic E-state index is 13.5. The Hall–Kier alpha value is -3.02. The van der Waals surface area contributed by atoms with Crippen LogP contribution in [0.4, 0.5) is 4.39 Å². The topological polar surface area (TPSA) is 51.9 Å². The molecule has 0 spiro atoms. The van der Waals surface area contributed by atoms with E-state index in [0.717, 1.165) is 17.5 Å². The molecule has 0 radical (unpaired) electrons. The molecule has 0 atom stereocenters. The second kappa shape index (κ2) is 6.61. The zero-order chi connectivity index (χ0) is 19.1. The van der Waals surface area contributed by atoms with Crippen molar-refractivity contribution >= 4 is 16.9 Å². The molecule has 0 saturated heterocycles. The second-order valence-corrected chi connectivity index (χ2v) is 6.65. The van der Waals surface area contributed by atoms with Crippen LogP contribution in [0.2, 0.25) is 0 Å². The van der Waals surface area contributed by atoms with Crippen molar-refractivity contribution in [3.05, 3.63) is 58.6 Å². The van der Waals surface area contributed by atoms with Crippen LogP contribution in [0.5, 0.6) is 11.5 Å². The number of ether oxygens (including phenoxy) is 2. The summed E-state index contributed by atoms with van der Waals surface area (Å²) in [5, 5.41) is 0.627. The molecule has 140 valence electrons. The van der Waals surface area contributed by atoms with E-state index >= 15 is 0 Å². The van der Waals surface area contributed by atoms with Gasteiger partial charge in [0.15, 0.2) is 17.3 Å². The fraction of sp³-hybridized carbons (Fsp3) is 0.286. The predicted octanol–water partition coefficient (Wildman–Crippen LogP) is 4.10. The highest BCUT2D eigenvalue weighted by atomic mass is 19.1. The monoisotopic (exact) mass is 369 g/mol. The molecule has 4 rings (SSSR count). The summed E-state index contributed by atoms with van der Waals surface area (Å²) in [6.07, 6.45) is 0.718. The lowest BCUT2D eigenvalue weighted by atomic mass is 9.98. The van der Waals surface area contributed by atoms with E-state index in [1.807, 2.05) is 12.1 Å². The average molecular weight is 369 g/mol. The standard InChI is InChI=1S/C21H20FNO4/c1-12-16-10-15(22)4-5-17(16)27-20(12)21(24)23-7-6-13-8-18(25-2)19(26-3)9-14(13)11-23/h4-5,8-10H,6-7,11H2,1-3H3. The van der Waals surface area contributed by atoms with Crippen LogP contribution in [0.15, 0.2) is 34.7 Å². The lowest BCUT2D eigenvalue weighted by Gasteiger charge is -2.29. The first-order valence-electron chi connectivity index (χ1n) is 8.73. The molecule has 0 aliphatic carbocycles. The highest BCUT2D eigenvalue weighted by Gasteiger charge is 2.27. The van der Waals surface area contributed by atoms with Crippen molar-refractivity contribution in [1.82, 2.24) is 4.90 Å². The summed E-state index contributed by atoms with van der Waals surface area (Å²) < 4.78 is 30.0. The second-order valence-electron chi connectivity index (χ2n) is 6.65. The molecule has 0 saturated carbocycles. The molecular formula is C21H20FNO4. The highest BCUT2D eigenvalue weighted by Crippen LogP contribution is 2.34. The number of nitrogens with zero attached hydrogens (tertiary/aromatic N) is 1. The van der Waals surface area contributed by atoms with Gasteiger partial charge in [-0.1, -0.05) is 0 Å². The maximum Gasteiger partial charge on any atom is 0.290 e. The quantitative estimate of drug-likeness (QED) is 0.698. The molecule has 2 heterocycles. The third-order valence-corrected chi connectivity index (χ3v) is 5.10. The van der Waals surface area contributed by atoms with Crippen molar-refractivity contribution < 1.29 is 23.1 Å². The van der Waals surface area contributed by atoms with Gasteiger partial charge in [0.2, 0.25) is 0 Å². The van der Waals surface area contributed by atoms with Gasteiger partial charge in [-0.25, -0.2) is 4.39 Å². The van der Waals surface area contributed by atoms with Crippen molar-refractivity contribution in [2.24, 2.45) is 0 Å². The number of fused-ring (bicyclic) bond motifs is 2. The number of halogens is 1. The number of methoxy groups -OCH3 is 2. The molecule has 5 nitrogen and oxygen atoms in total. The third-order valence-electron chi connectivity index (χ3n) is 5.10. The summed E-state index contributed by atoms with van der Waals surface area (Å²) in [7, 11) is 3.20. The zero-order valence-corrected chi connectivity index (χ0v) is 15.5. The number of hydrogen-bond donors (Lipinski definition) is 0. The average Bonchev–Trinajstić information content (AvgIpc) is 3.01. The number of amides is 1. The summed E-state index contributed by atoms with van der Waals surface area (Å²) in [6, 6.07) is 8.15. The van der Waals surface area contributed by atoms with Gasteiger partial charge in [-0.3, -0.25) is 4.79 Å². The number of rotatable bonds is 3. The summed E-state index contributed by atoms with van der Waals surface area (Å²) in [5.74, 6) is 1.05. The Morgan fingerprint density at radius 2 is 1.81 bits per heavy atom. The normalized spacial score (nSPS) is 13.6. The van der Waals surface area contributed by atoms with Gasteiger partial charge >= 0.3 is 0 Å². The smallest absolute Gasteiger partial charge is 0.290 e. The largest absolute Gasteiger partial charge is 0.493 e. The predicted molar refractivity (Wildman–Crippen MR) is 98.9 cm³/mol. The molecule has 2 aromatic carbocycles. The fourth-order valence-corrected chi connectivity index (χ4v) is 3.60. The summed E-state index contributed by atoms with van der Waals surface area (Å²) in [6.45, 7) is 2.82. The van der Waals surface area contributed by atoms with E-state index in [-0.39, 0.29) is 17.5 Å². The molecule has 0 unspecified atom stereocenters. The first-order valence-corrected chi connectivity index (χ1v) is 8.73. The molecule has 1 aliphatic rings. The van der Waals surface area contributed by atoms with Crippen LogP contribution < -0.4 is 9.47 Å². The lowest BCUT2D eigenvalue weighted by molar-refractivity contribution is 0.0703. The molecule has 1 aliphatic heterocycles. The lowest BCUT2D eigenvalue weighted by Crippen LogP contribution is -2.36. The van der Waals surface area contributed by atoms with Gasteiger partial charge in [0, 0.05) is 24.0 Å². The summed E-state index contributed by atoms with van der Waals surface area (Å²) in [5.41, 5.74) is 3.33.